The van der Waals surface area contributed by atoms with Crippen molar-refractivity contribution in [1.82, 2.24) is 10.2 Å². The molecule has 0 bridgehead atoms. The van der Waals surface area contributed by atoms with Crippen LogP contribution in [0.1, 0.15) is 6.92 Å². The highest BCUT2D eigenvalue weighted by atomic mass is 35.5. The maximum Gasteiger partial charge on any atom is 0.159 e. The van der Waals surface area contributed by atoms with Gasteiger partial charge in [-0.25, -0.2) is 0 Å². The summed E-state index contributed by atoms with van der Waals surface area (Å²) in [7, 11) is 0. The third-order valence-corrected chi connectivity index (χ3v) is 2.49. The van der Waals surface area contributed by atoms with Crippen molar-refractivity contribution in [1.29, 1.82) is 0 Å². The number of aliphatic hydroxyl groups excluding tert-OH is 1. The summed E-state index contributed by atoms with van der Waals surface area (Å²) in [5, 5.41) is 22.2. The number of anilines is 1. The van der Waals surface area contributed by atoms with Crippen LogP contribution in [0.4, 0.5) is 5.82 Å². The number of nitrogens with zero attached hydrogens (tertiary/aromatic N) is 2. The highest BCUT2D eigenvalue weighted by Crippen LogP contribution is 2.25. The van der Waals surface area contributed by atoms with Crippen LogP contribution in [0.2, 0.25) is 5.15 Å². The van der Waals surface area contributed by atoms with Crippen molar-refractivity contribution in [3.8, 4) is 0 Å². The number of nitrogens with one attached hydrogen (secondary N) is 1. The molecule has 0 aliphatic rings. The van der Waals surface area contributed by atoms with Crippen molar-refractivity contribution in [2.75, 3.05) is 11.9 Å². The van der Waals surface area contributed by atoms with Gasteiger partial charge in [0, 0.05) is 17.3 Å². The zero-order valence-corrected chi connectivity index (χ0v) is 9.57. The third kappa shape index (κ3) is 2.23. The van der Waals surface area contributed by atoms with Crippen molar-refractivity contribution in [2.45, 2.75) is 13.0 Å². The van der Waals surface area contributed by atoms with E-state index in [1.165, 1.54) is 0 Å². The van der Waals surface area contributed by atoms with Crippen LogP contribution in [0.3, 0.4) is 0 Å². The molecule has 0 saturated carbocycles. The summed E-state index contributed by atoms with van der Waals surface area (Å²) >= 11 is 5.94. The predicted octanol–water partition coefficient (Wildman–Crippen LogP) is 2.08. The Morgan fingerprint density at radius 3 is 2.69 bits per heavy atom. The van der Waals surface area contributed by atoms with E-state index in [4.69, 9.17) is 11.6 Å². The van der Waals surface area contributed by atoms with Gasteiger partial charge in [-0.3, -0.25) is 0 Å². The van der Waals surface area contributed by atoms with Crippen LogP contribution in [0.5, 0.6) is 0 Å². The van der Waals surface area contributed by atoms with E-state index >= 15 is 0 Å². The minimum absolute atomic E-state index is 0.387. The highest BCUT2D eigenvalue weighted by Gasteiger charge is 2.07. The number of aromatic nitrogens is 2. The highest BCUT2D eigenvalue weighted by molar-refractivity contribution is 6.34. The minimum atomic E-state index is -0.434. The predicted molar refractivity (Wildman–Crippen MR) is 64.7 cm³/mol. The SMILES string of the molecule is CC(O)CNc1nnc(Cl)c2ccccc12. The van der Waals surface area contributed by atoms with E-state index in [1.54, 1.807) is 6.92 Å². The van der Waals surface area contributed by atoms with Crippen LogP contribution in [0.25, 0.3) is 10.8 Å². The molecule has 1 atom stereocenters. The van der Waals surface area contributed by atoms with Crippen molar-refractivity contribution >= 4 is 28.2 Å². The summed E-state index contributed by atoms with van der Waals surface area (Å²) in [6.45, 7) is 2.14. The second-order valence-corrected chi connectivity index (χ2v) is 3.97. The Balaban J connectivity index is 2.42. The summed E-state index contributed by atoms with van der Waals surface area (Å²) in [5.74, 6) is 0.640. The van der Waals surface area contributed by atoms with Gasteiger partial charge in [0.15, 0.2) is 11.0 Å². The Morgan fingerprint density at radius 1 is 1.31 bits per heavy atom. The first kappa shape index (κ1) is 11.1. The number of rotatable bonds is 3. The molecule has 0 fully saturated rings. The first-order valence-electron chi connectivity index (χ1n) is 5.01. The van der Waals surface area contributed by atoms with Gasteiger partial charge >= 0.3 is 0 Å². The molecule has 0 aliphatic carbocycles. The average molecular weight is 238 g/mol. The maximum absolute atomic E-state index is 9.20. The topological polar surface area (TPSA) is 58.0 Å². The summed E-state index contributed by atoms with van der Waals surface area (Å²) in [4.78, 5) is 0. The van der Waals surface area contributed by atoms with Gasteiger partial charge in [-0.15, -0.1) is 10.2 Å². The standard InChI is InChI=1S/C11H12ClN3O/c1-7(16)6-13-11-9-5-3-2-4-8(9)10(12)14-15-11/h2-5,7,16H,6H2,1H3,(H,13,15). The second-order valence-electron chi connectivity index (χ2n) is 3.61. The molecule has 4 nitrogen and oxygen atoms in total. The van der Waals surface area contributed by atoms with Gasteiger partial charge in [0.05, 0.1) is 6.10 Å². The summed E-state index contributed by atoms with van der Waals surface area (Å²) in [5.41, 5.74) is 0. The van der Waals surface area contributed by atoms with Gasteiger partial charge in [-0.2, -0.15) is 0 Å². The largest absolute Gasteiger partial charge is 0.392 e. The first-order valence-corrected chi connectivity index (χ1v) is 5.39. The molecule has 2 rings (SSSR count). The maximum atomic E-state index is 9.20. The molecule has 16 heavy (non-hydrogen) atoms. The fraction of sp³-hybridized carbons (Fsp3) is 0.273. The lowest BCUT2D eigenvalue weighted by Crippen LogP contribution is -2.16. The number of aliphatic hydroxyl groups is 1. The molecule has 0 saturated heterocycles. The monoisotopic (exact) mass is 237 g/mol. The molecule has 5 heteroatoms. The van der Waals surface area contributed by atoms with Crippen molar-refractivity contribution in [3.63, 3.8) is 0 Å². The molecule has 1 aromatic heterocycles. The van der Waals surface area contributed by atoms with E-state index < -0.39 is 6.10 Å². The molecule has 0 radical (unpaired) electrons. The van der Waals surface area contributed by atoms with Gasteiger partial charge < -0.3 is 10.4 Å². The van der Waals surface area contributed by atoms with E-state index in [-0.39, 0.29) is 0 Å². The molecule has 0 spiro atoms. The second kappa shape index (κ2) is 4.63. The van der Waals surface area contributed by atoms with E-state index in [0.717, 1.165) is 10.8 Å². The van der Waals surface area contributed by atoms with E-state index in [1.807, 2.05) is 24.3 Å². The minimum Gasteiger partial charge on any atom is -0.392 e. The quantitative estimate of drug-likeness (QED) is 0.858. The number of halogens is 1. The van der Waals surface area contributed by atoms with Crippen molar-refractivity contribution in [3.05, 3.63) is 29.4 Å². The molecule has 2 aromatic rings. The Hall–Kier alpha value is -1.39. The lowest BCUT2D eigenvalue weighted by atomic mass is 10.2. The lowest BCUT2D eigenvalue weighted by Gasteiger charge is -2.09. The van der Waals surface area contributed by atoms with Crippen molar-refractivity contribution < 1.29 is 5.11 Å². The number of hydrogen-bond donors (Lipinski definition) is 2. The first-order chi connectivity index (χ1) is 7.68. The van der Waals surface area contributed by atoms with Crippen LogP contribution in [0, 0.1) is 0 Å². The molecule has 2 N–H and O–H groups in total. The van der Waals surface area contributed by atoms with E-state index in [0.29, 0.717) is 17.5 Å². The van der Waals surface area contributed by atoms with Crippen molar-refractivity contribution in [2.24, 2.45) is 0 Å². The summed E-state index contributed by atoms with van der Waals surface area (Å²) in [6, 6.07) is 7.61. The van der Waals surface area contributed by atoms with Crippen LogP contribution in [0.15, 0.2) is 24.3 Å². The Bertz CT molecular complexity index is 502. The van der Waals surface area contributed by atoms with Gasteiger partial charge in [0.1, 0.15) is 0 Å². The van der Waals surface area contributed by atoms with Crippen LogP contribution < -0.4 is 5.32 Å². The Kier molecular flexibility index (Phi) is 3.22. The normalized spacial score (nSPS) is 12.7. The van der Waals surface area contributed by atoms with E-state index in [2.05, 4.69) is 15.5 Å². The lowest BCUT2D eigenvalue weighted by molar-refractivity contribution is 0.208. The smallest absolute Gasteiger partial charge is 0.159 e. The molecule has 1 heterocycles. The van der Waals surface area contributed by atoms with Crippen LogP contribution in [-0.2, 0) is 0 Å². The number of fused-ring (bicyclic) bond motifs is 1. The summed E-state index contributed by atoms with van der Waals surface area (Å²) < 4.78 is 0. The Morgan fingerprint density at radius 2 is 2.00 bits per heavy atom. The van der Waals surface area contributed by atoms with Gasteiger partial charge in [0.25, 0.3) is 0 Å². The third-order valence-electron chi connectivity index (χ3n) is 2.21. The zero-order chi connectivity index (χ0) is 11.5. The molecule has 84 valence electrons. The fourth-order valence-electron chi connectivity index (χ4n) is 1.45. The molecule has 1 aromatic carbocycles. The Labute approximate surface area is 98.3 Å². The van der Waals surface area contributed by atoms with Crippen LogP contribution >= 0.6 is 11.6 Å². The molecular weight excluding hydrogens is 226 g/mol. The van der Waals surface area contributed by atoms with E-state index in [9.17, 15) is 5.11 Å². The zero-order valence-electron chi connectivity index (χ0n) is 8.81. The summed E-state index contributed by atoms with van der Waals surface area (Å²) in [6.07, 6.45) is -0.434. The van der Waals surface area contributed by atoms with Crippen LogP contribution in [-0.4, -0.2) is 28.0 Å². The average Bonchev–Trinajstić information content (AvgIpc) is 2.28. The fourth-order valence-corrected chi connectivity index (χ4v) is 1.65. The van der Waals surface area contributed by atoms with Gasteiger partial charge in [-0.1, -0.05) is 35.9 Å². The van der Waals surface area contributed by atoms with Gasteiger partial charge in [-0.05, 0) is 6.92 Å². The molecule has 0 aliphatic heterocycles. The molecule has 0 amide bonds. The molecule has 1 unspecified atom stereocenters. The molecular formula is C11H12ClN3O. The number of hydrogen-bond acceptors (Lipinski definition) is 4. The number of benzene rings is 1. The van der Waals surface area contributed by atoms with Gasteiger partial charge in [0.2, 0.25) is 0 Å².